The Kier molecular flexibility index (Phi) is 4.06. The Morgan fingerprint density at radius 3 is 2.39 bits per heavy atom. The Balaban J connectivity index is 2.13. The first-order valence-corrected chi connectivity index (χ1v) is 6.95. The van der Waals surface area contributed by atoms with Gasteiger partial charge in [-0.1, -0.05) is 32.0 Å². The summed E-state index contributed by atoms with van der Waals surface area (Å²) in [6, 6.07) is 7.32. The molecule has 1 nitrogen and oxygen atoms in total. The van der Waals surface area contributed by atoms with Crippen molar-refractivity contribution in [3.05, 3.63) is 35.6 Å². The van der Waals surface area contributed by atoms with Crippen molar-refractivity contribution in [1.29, 1.82) is 0 Å². The Morgan fingerprint density at radius 1 is 1.22 bits per heavy atom. The summed E-state index contributed by atoms with van der Waals surface area (Å²) in [4.78, 5) is 0. The van der Waals surface area contributed by atoms with Crippen molar-refractivity contribution in [3.63, 3.8) is 0 Å². The third kappa shape index (κ3) is 2.92. The molecular formula is C16H24FN. The molecule has 0 aromatic heterocycles. The second-order valence-corrected chi connectivity index (χ2v) is 6.29. The lowest BCUT2D eigenvalue weighted by Crippen LogP contribution is -2.31. The molecule has 1 saturated carbocycles. The summed E-state index contributed by atoms with van der Waals surface area (Å²) in [5.74, 6) is 0.474. The number of benzene rings is 1. The number of halogens is 1. The van der Waals surface area contributed by atoms with E-state index in [2.05, 4.69) is 19.2 Å². The quantitative estimate of drug-likeness (QED) is 0.842. The molecule has 0 bridgehead atoms. The smallest absolute Gasteiger partial charge is 0.127 e. The zero-order valence-corrected chi connectivity index (χ0v) is 11.7. The average molecular weight is 249 g/mol. The summed E-state index contributed by atoms with van der Waals surface area (Å²) in [6.07, 6.45) is 4.86. The molecule has 100 valence electrons. The molecule has 1 aromatic rings. The first-order valence-electron chi connectivity index (χ1n) is 6.95. The minimum absolute atomic E-state index is 0.0818. The molecule has 0 spiro atoms. The normalized spacial score (nSPS) is 21.8. The van der Waals surface area contributed by atoms with Gasteiger partial charge < -0.3 is 5.32 Å². The van der Waals surface area contributed by atoms with Gasteiger partial charge in [0.05, 0.1) is 0 Å². The van der Waals surface area contributed by atoms with Crippen molar-refractivity contribution < 1.29 is 4.39 Å². The number of hydrogen-bond acceptors (Lipinski definition) is 1. The van der Waals surface area contributed by atoms with Crippen LogP contribution in [0.1, 0.15) is 51.1 Å². The van der Waals surface area contributed by atoms with Gasteiger partial charge in [0, 0.05) is 11.6 Å². The maximum absolute atomic E-state index is 13.9. The van der Waals surface area contributed by atoms with Gasteiger partial charge in [0.25, 0.3) is 0 Å². The molecule has 0 amide bonds. The van der Waals surface area contributed by atoms with Crippen LogP contribution in [0.3, 0.4) is 0 Å². The Hall–Kier alpha value is -0.890. The highest BCUT2D eigenvalue weighted by atomic mass is 19.1. The summed E-state index contributed by atoms with van der Waals surface area (Å²) in [5, 5.41) is 3.32. The lowest BCUT2D eigenvalue weighted by molar-refractivity contribution is 0.163. The van der Waals surface area contributed by atoms with E-state index >= 15 is 0 Å². The van der Waals surface area contributed by atoms with E-state index in [1.54, 1.807) is 12.1 Å². The number of hydrogen-bond donors (Lipinski definition) is 1. The van der Waals surface area contributed by atoms with E-state index in [1.165, 1.54) is 25.7 Å². The second-order valence-electron chi connectivity index (χ2n) is 6.29. The van der Waals surface area contributed by atoms with Crippen molar-refractivity contribution >= 4 is 0 Å². The molecule has 0 saturated heterocycles. The van der Waals surface area contributed by atoms with Gasteiger partial charge in [-0.3, -0.25) is 0 Å². The van der Waals surface area contributed by atoms with Gasteiger partial charge in [-0.2, -0.15) is 0 Å². The lowest BCUT2D eigenvalue weighted by Gasteiger charge is -2.38. The predicted octanol–water partition coefficient (Wildman–Crippen LogP) is 4.30. The largest absolute Gasteiger partial charge is 0.313 e. The average Bonchev–Trinajstić information content (AvgIpc) is 2.34. The summed E-state index contributed by atoms with van der Waals surface area (Å²) in [7, 11) is 1.94. The summed E-state index contributed by atoms with van der Waals surface area (Å²) in [6.45, 7) is 4.67. The molecule has 0 radical (unpaired) electrons. The highest BCUT2D eigenvalue weighted by Crippen LogP contribution is 2.42. The molecular weight excluding hydrogens is 225 g/mol. The zero-order chi connectivity index (χ0) is 13.2. The molecule has 1 aliphatic carbocycles. The monoisotopic (exact) mass is 249 g/mol. The fourth-order valence-corrected chi connectivity index (χ4v) is 3.13. The van der Waals surface area contributed by atoms with Crippen LogP contribution in [-0.2, 0) is 0 Å². The molecule has 1 aliphatic rings. The molecule has 1 unspecified atom stereocenters. The number of nitrogens with one attached hydrogen (secondary N) is 1. The molecule has 2 rings (SSSR count). The van der Waals surface area contributed by atoms with Crippen molar-refractivity contribution in [3.8, 4) is 0 Å². The first kappa shape index (κ1) is 13.5. The molecule has 1 fully saturated rings. The third-order valence-corrected chi connectivity index (χ3v) is 4.41. The van der Waals surface area contributed by atoms with Gasteiger partial charge in [0.2, 0.25) is 0 Å². The third-order valence-electron chi connectivity index (χ3n) is 4.41. The van der Waals surface area contributed by atoms with Crippen LogP contribution in [0.25, 0.3) is 0 Å². The van der Waals surface area contributed by atoms with Crippen molar-refractivity contribution in [1.82, 2.24) is 5.32 Å². The van der Waals surface area contributed by atoms with Crippen LogP contribution in [0.4, 0.5) is 4.39 Å². The molecule has 1 N–H and O–H groups in total. The van der Waals surface area contributed by atoms with Crippen LogP contribution in [0.15, 0.2) is 24.3 Å². The first-order chi connectivity index (χ1) is 8.53. The standard InChI is InChI=1S/C16H24FN/c1-16(2)10-8-12(9-11-16)15(18-3)13-6-4-5-7-14(13)17/h4-7,12,15,18H,8-11H2,1-3H3. The molecule has 1 atom stereocenters. The molecule has 0 aliphatic heterocycles. The van der Waals surface area contributed by atoms with Crippen LogP contribution in [-0.4, -0.2) is 7.05 Å². The van der Waals surface area contributed by atoms with Gasteiger partial charge in [0.1, 0.15) is 5.82 Å². The van der Waals surface area contributed by atoms with E-state index in [1.807, 2.05) is 19.2 Å². The van der Waals surface area contributed by atoms with Gasteiger partial charge in [-0.25, -0.2) is 4.39 Å². The fraction of sp³-hybridized carbons (Fsp3) is 0.625. The van der Waals surface area contributed by atoms with E-state index in [9.17, 15) is 4.39 Å². The Bertz CT molecular complexity index is 390. The minimum atomic E-state index is -0.0818. The Labute approximate surface area is 110 Å². The van der Waals surface area contributed by atoms with Crippen LogP contribution in [0.5, 0.6) is 0 Å². The van der Waals surface area contributed by atoms with E-state index in [0.717, 1.165) is 5.56 Å². The van der Waals surface area contributed by atoms with Crippen LogP contribution >= 0.6 is 0 Å². The SMILES string of the molecule is CNC(c1ccccc1F)C1CCC(C)(C)CC1. The summed E-state index contributed by atoms with van der Waals surface area (Å²) < 4.78 is 13.9. The minimum Gasteiger partial charge on any atom is -0.313 e. The van der Waals surface area contributed by atoms with Crippen LogP contribution in [0, 0.1) is 17.2 Å². The number of rotatable bonds is 3. The maximum Gasteiger partial charge on any atom is 0.127 e. The molecule has 2 heteroatoms. The highest BCUT2D eigenvalue weighted by Gasteiger charge is 2.32. The van der Waals surface area contributed by atoms with Crippen LogP contribution < -0.4 is 5.32 Å². The highest BCUT2D eigenvalue weighted by molar-refractivity contribution is 5.22. The van der Waals surface area contributed by atoms with Crippen molar-refractivity contribution in [2.45, 2.75) is 45.6 Å². The molecule has 1 aromatic carbocycles. The van der Waals surface area contributed by atoms with Gasteiger partial charge in [-0.05, 0) is 50.1 Å². The van der Waals surface area contributed by atoms with Crippen LogP contribution in [0.2, 0.25) is 0 Å². The second kappa shape index (κ2) is 5.40. The van der Waals surface area contributed by atoms with E-state index in [0.29, 0.717) is 11.3 Å². The fourth-order valence-electron chi connectivity index (χ4n) is 3.13. The van der Waals surface area contributed by atoms with Gasteiger partial charge in [0.15, 0.2) is 0 Å². The summed E-state index contributed by atoms with van der Waals surface area (Å²) >= 11 is 0. The maximum atomic E-state index is 13.9. The van der Waals surface area contributed by atoms with E-state index in [4.69, 9.17) is 0 Å². The van der Waals surface area contributed by atoms with Gasteiger partial charge >= 0.3 is 0 Å². The topological polar surface area (TPSA) is 12.0 Å². The molecule has 18 heavy (non-hydrogen) atoms. The zero-order valence-electron chi connectivity index (χ0n) is 11.7. The van der Waals surface area contributed by atoms with Gasteiger partial charge in [-0.15, -0.1) is 0 Å². The Morgan fingerprint density at radius 2 is 1.83 bits per heavy atom. The van der Waals surface area contributed by atoms with Crippen molar-refractivity contribution in [2.75, 3.05) is 7.05 Å². The molecule has 0 heterocycles. The summed E-state index contributed by atoms with van der Waals surface area (Å²) in [5.41, 5.74) is 1.29. The lowest BCUT2D eigenvalue weighted by atomic mass is 9.70. The van der Waals surface area contributed by atoms with E-state index in [-0.39, 0.29) is 11.9 Å². The predicted molar refractivity (Wildman–Crippen MR) is 73.9 cm³/mol. The van der Waals surface area contributed by atoms with E-state index < -0.39 is 0 Å². The van der Waals surface area contributed by atoms with Crippen molar-refractivity contribution in [2.24, 2.45) is 11.3 Å².